The van der Waals surface area contributed by atoms with Gasteiger partial charge in [-0.25, -0.2) is 4.39 Å². The van der Waals surface area contributed by atoms with E-state index in [9.17, 15) is 9.18 Å². The first-order valence-corrected chi connectivity index (χ1v) is 9.05. The summed E-state index contributed by atoms with van der Waals surface area (Å²) in [5.41, 5.74) is 1.68. The number of carbonyl (C=O) groups is 1. The van der Waals surface area contributed by atoms with E-state index in [2.05, 4.69) is 10.4 Å². The predicted octanol–water partition coefficient (Wildman–Crippen LogP) is 5.19. The first kappa shape index (κ1) is 16.8. The highest BCUT2D eigenvalue weighted by molar-refractivity contribution is 7.21. The molecule has 0 fully saturated rings. The minimum Gasteiger partial charge on any atom is -0.321 e. The lowest BCUT2D eigenvalue weighted by atomic mass is 10.2. The maximum atomic E-state index is 13.4. The number of thiophene rings is 1. The van der Waals surface area contributed by atoms with Crippen LogP contribution in [0.5, 0.6) is 0 Å². The SMILES string of the molecule is O=C(Nc1cccc(Cn2cccn2)c1)c1sc2cc(F)ccc2c1Cl. The molecule has 2 heterocycles. The van der Waals surface area contributed by atoms with E-state index in [1.165, 1.54) is 23.5 Å². The number of hydrogen-bond donors (Lipinski definition) is 1. The zero-order chi connectivity index (χ0) is 18.1. The summed E-state index contributed by atoms with van der Waals surface area (Å²) in [6.45, 7) is 0.611. The molecule has 0 atom stereocenters. The number of nitrogens with zero attached hydrogens (tertiary/aromatic N) is 2. The molecule has 26 heavy (non-hydrogen) atoms. The maximum Gasteiger partial charge on any atom is 0.267 e. The summed E-state index contributed by atoms with van der Waals surface area (Å²) in [6.07, 6.45) is 3.60. The number of halogens is 2. The van der Waals surface area contributed by atoms with Crippen LogP contribution >= 0.6 is 22.9 Å². The molecule has 0 saturated heterocycles. The zero-order valence-electron chi connectivity index (χ0n) is 13.4. The second-order valence-electron chi connectivity index (χ2n) is 5.74. The quantitative estimate of drug-likeness (QED) is 0.525. The number of fused-ring (bicyclic) bond motifs is 1. The highest BCUT2D eigenvalue weighted by atomic mass is 35.5. The molecule has 2 aromatic carbocycles. The van der Waals surface area contributed by atoms with Crippen LogP contribution in [0.2, 0.25) is 5.02 Å². The van der Waals surface area contributed by atoms with Crippen molar-refractivity contribution in [1.82, 2.24) is 9.78 Å². The Kier molecular flexibility index (Phi) is 4.44. The van der Waals surface area contributed by atoms with E-state index >= 15 is 0 Å². The molecule has 0 aliphatic heterocycles. The first-order chi connectivity index (χ1) is 12.6. The van der Waals surface area contributed by atoms with Crippen molar-refractivity contribution in [2.75, 3.05) is 5.32 Å². The molecule has 0 aliphatic rings. The average molecular weight is 386 g/mol. The number of amides is 1. The topological polar surface area (TPSA) is 46.9 Å². The molecule has 0 aliphatic carbocycles. The highest BCUT2D eigenvalue weighted by Crippen LogP contribution is 2.36. The van der Waals surface area contributed by atoms with Gasteiger partial charge in [-0.1, -0.05) is 23.7 Å². The molecule has 0 bridgehead atoms. The second-order valence-corrected chi connectivity index (χ2v) is 7.17. The van der Waals surface area contributed by atoms with Crippen molar-refractivity contribution in [2.24, 2.45) is 0 Å². The van der Waals surface area contributed by atoms with Gasteiger partial charge in [-0.2, -0.15) is 5.10 Å². The van der Waals surface area contributed by atoms with Gasteiger partial charge in [0, 0.05) is 28.2 Å². The molecule has 2 aromatic heterocycles. The lowest BCUT2D eigenvalue weighted by Gasteiger charge is -2.07. The van der Waals surface area contributed by atoms with Gasteiger partial charge in [0.2, 0.25) is 0 Å². The van der Waals surface area contributed by atoms with Crippen molar-refractivity contribution in [1.29, 1.82) is 0 Å². The van der Waals surface area contributed by atoms with Crippen molar-refractivity contribution in [2.45, 2.75) is 6.54 Å². The van der Waals surface area contributed by atoms with Gasteiger partial charge in [-0.15, -0.1) is 11.3 Å². The fourth-order valence-electron chi connectivity index (χ4n) is 2.70. The van der Waals surface area contributed by atoms with Crippen molar-refractivity contribution in [3.8, 4) is 0 Å². The Morgan fingerprint density at radius 3 is 2.92 bits per heavy atom. The van der Waals surface area contributed by atoms with E-state index in [0.29, 0.717) is 32.2 Å². The Morgan fingerprint density at radius 2 is 2.12 bits per heavy atom. The summed E-state index contributed by atoms with van der Waals surface area (Å²) in [6, 6.07) is 13.7. The van der Waals surface area contributed by atoms with Crippen molar-refractivity contribution in [3.05, 3.63) is 82.2 Å². The van der Waals surface area contributed by atoms with E-state index < -0.39 is 0 Å². The molecular weight excluding hydrogens is 373 g/mol. The van der Waals surface area contributed by atoms with Crippen LogP contribution in [0, 0.1) is 5.82 Å². The third-order valence-corrected chi connectivity index (χ3v) is 5.54. The Bertz CT molecular complexity index is 1090. The Hall–Kier alpha value is -2.70. The molecule has 4 aromatic rings. The Morgan fingerprint density at radius 1 is 1.23 bits per heavy atom. The summed E-state index contributed by atoms with van der Waals surface area (Å²) in [5.74, 6) is -0.665. The van der Waals surface area contributed by atoms with Gasteiger partial charge in [0.15, 0.2) is 0 Å². The van der Waals surface area contributed by atoms with Crippen LogP contribution in [-0.2, 0) is 6.54 Å². The van der Waals surface area contributed by atoms with E-state index in [1.54, 1.807) is 16.9 Å². The minimum atomic E-state index is -0.353. The van der Waals surface area contributed by atoms with Crippen LogP contribution < -0.4 is 5.32 Å². The number of anilines is 1. The van der Waals surface area contributed by atoms with E-state index in [1.807, 2.05) is 36.5 Å². The van der Waals surface area contributed by atoms with Gasteiger partial charge in [-0.05, 0) is 42.0 Å². The van der Waals surface area contributed by atoms with Crippen LogP contribution in [0.1, 0.15) is 15.2 Å². The molecule has 0 spiro atoms. The third kappa shape index (κ3) is 3.34. The molecule has 130 valence electrons. The number of aromatic nitrogens is 2. The van der Waals surface area contributed by atoms with E-state index in [4.69, 9.17) is 11.6 Å². The number of benzene rings is 2. The van der Waals surface area contributed by atoms with Crippen molar-refractivity contribution >= 4 is 44.6 Å². The van der Waals surface area contributed by atoms with Gasteiger partial charge < -0.3 is 5.32 Å². The van der Waals surface area contributed by atoms with Gasteiger partial charge in [0.1, 0.15) is 10.7 Å². The first-order valence-electron chi connectivity index (χ1n) is 7.85. The number of nitrogens with one attached hydrogen (secondary N) is 1. The Labute approximate surface area is 157 Å². The molecule has 1 N–H and O–H groups in total. The van der Waals surface area contributed by atoms with Crippen LogP contribution in [0.3, 0.4) is 0 Å². The van der Waals surface area contributed by atoms with E-state index in [0.717, 1.165) is 5.56 Å². The molecule has 4 rings (SSSR count). The number of rotatable bonds is 4. The number of hydrogen-bond acceptors (Lipinski definition) is 3. The van der Waals surface area contributed by atoms with Crippen LogP contribution in [-0.4, -0.2) is 15.7 Å². The number of carbonyl (C=O) groups excluding carboxylic acids is 1. The molecule has 0 saturated carbocycles. The largest absolute Gasteiger partial charge is 0.321 e. The maximum absolute atomic E-state index is 13.4. The summed E-state index contributed by atoms with van der Waals surface area (Å²) < 4.78 is 15.8. The van der Waals surface area contributed by atoms with Gasteiger partial charge >= 0.3 is 0 Å². The van der Waals surface area contributed by atoms with Crippen LogP contribution in [0.4, 0.5) is 10.1 Å². The lowest BCUT2D eigenvalue weighted by Crippen LogP contribution is -2.11. The molecule has 1 amide bonds. The molecular formula is C19H13ClFN3OS. The predicted molar refractivity (Wildman–Crippen MR) is 103 cm³/mol. The molecule has 0 unspecified atom stereocenters. The normalized spacial score (nSPS) is 11.0. The molecule has 7 heteroatoms. The second kappa shape index (κ2) is 6.90. The highest BCUT2D eigenvalue weighted by Gasteiger charge is 2.17. The zero-order valence-corrected chi connectivity index (χ0v) is 15.0. The minimum absolute atomic E-state index is 0.312. The summed E-state index contributed by atoms with van der Waals surface area (Å²) in [5, 5.41) is 8.05. The molecule has 0 radical (unpaired) electrons. The van der Waals surface area contributed by atoms with Crippen LogP contribution in [0.25, 0.3) is 10.1 Å². The lowest BCUT2D eigenvalue weighted by molar-refractivity contribution is 0.103. The fourth-order valence-corrected chi connectivity index (χ4v) is 4.14. The van der Waals surface area contributed by atoms with Crippen molar-refractivity contribution in [3.63, 3.8) is 0 Å². The summed E-state index contributed by atoms with van der Waals surface area (Å²) >= 11 is 7.49. The fraction of sp³-hybridized carbons (Fsp3) is 0.0526. The molecule has 4 nitrogen and oxygen atoms in total. The van der Waals surface area contributed by atoms with Crippen LogP contribution in [0.15, 0.2) is 60.9 Å². The van der Waals surface area contributed by atoms with Crippen molar-refractivity contribution < 1.29 is 9.18 Å². The average Bonchev–Trinajstić information content (AvgIpc) is 3.23. The Balaban J connectivity index is 1.57. The summed E-state index contributed by atoms with van der Waals surface area (Å²) in [4.78, 5) is 13.0. The van der Waals surface area contributed by atoms with Gasteiger partial charge in [0.25, 0.3) is 5.91 Å². The van der Waals surface area contributed by atoms with Gasteiger partial charge in [-0.3, -0.25) is 9.48 Å². The van der Waals surface area contributed by atoms with E-state index in [-0.39, 0.29) is 11.7 Å². The smallest absolute Gasteiger partial charge is 0.267 e. The standard InChI is InChI=1S/C19H13ClFN3OS/c20-17-15-6-5-13(21)10-16(15)26-18(17)19(25)23-14-4-1-3-12(9-14)11-24-8-2-7-22-24/h1-10H,11H2,(H,23,25). The summed E-state index contributed by atoms with van der Waals surface area (Å²) in [7, 11) is 0. The third-order valence-electron chi connectivity index (χ3n) is 3.89. The van der Waals surface area contributed by atoms with Gasteiger partial charge in [0.05, 0.1) is 11.6 Å². The monoisotopic (exact) mass is 385 g/mol.